The molecule has 142 valence electrons. The molecule has 0 aliphatic carbocycles. The van der Waals surface area contributed by atoms with Crippen molar-refractivity contribution in [1.29, 1.82) is 0 Å². The van der Waals surface area contributed by atoms with Gasteiger partial charge in [0.25, 0.3) is 5.56 Å². The molecule has 1 aromatic carbocycles. The van der Waals surface area contributed by atoms with Gasteiger partial charge in [0, 0.05) is 28.7 Å². The summed E-state index contributed by atoms with van der Waals surface area (Å²) in [6.07, 6.45) is -1.35. The second-order valence-corrected chi connectivity index (χ2v) is 6.39. The zero-order valence-corrected chi connectivity index (χ0v) is 15.0. The van der Waals surface area contributed by atoms with E-state index in [4.69, 9.17) is 0 Å². The zero-order chi connectivity index (χ0) is 20.1. The molecule has 4 rings (SSSR count). The molecule has 0 unspecified atom stereocenters. The Bertz CT molecular complexity index is 1240. The Morgan fingerprint density at radius 2 is 1.79 bits per heavy atom. The number of aromatic nitrogens is 4. The molecule has 5 nitrogen and oxygen atoms in total. The van der Waals surface area contributed by atoms with Gasteiger partial charge in [-0.3, -0.25) is 4.79 Å². The van der Waals surface area contributed by atoms with Gasteiger partial charge in [0.1, 0.15) is 0 Å². The van der Waals surface area contributed by atoms with Crippen molar-refractivity contribution < 1.29 is 13.2 Å². The van der Waals surface area contributed by atoms with Crippen molar-refractivity contribution in [3.05, 3.63) is 82.2 Å². The van der Waals surface area contributed by atoms with E-state index in [0.29, 0.717) is 33.7 Å². The number of hydrogen-bond donors (Lipinski definition) is 0. The summed E-state index contributed by atoms with van der Waals surface area (Å²) >= 11 is 0. The number of nitrogens with zero attached hydrogens (tertiary/aromatic N) is 4. The van der Waals surface area contributed by atoms with Crippen LogP contribution >= 0.6 is 0 Å². The number of fused-ring (bicyclic) bond motifs is 1. The van der Waals surface area contributed by atoms with Gasteiger partial charge in [0.15, 0.2) is 5.82 Å². The van der Waals surface area contributed by atoms with Crippen LogP contribution in [0.5, 0.6) is 0 Å². The largest absolute Gasteiger partial charge is 0.416 e. The summed E-state index contributed by atoms with van der Waals surface area (Å²) in [5.41, 5.74) is 0.409. The Morgan fingerprint density at radius 1 is 1.00 bits per heavy atom. The standard InChI is InChI=1S/C20H15F3N4O/c1-12-16-11-25-27(17-8-3-4-9-24-17)19(28)18(16)13(2)26(12)15-7-5-6-14(10-15)20(21,22)23/h3-11H,1-2H3. The van der Waals surface area contributed by atoms with Gasteiger partial charge in [-0.1, -0.05) is 12.1 Å². The van der Waals surface area contributed by atoms with Crippen LogP contribution in [0.15, 0.2) is 59.7 Å². The molecule has 0 saturated heterocycles. The van der Waals surface area contributed by atoms with E-state index < -0.39 is 11.7 Å². The Kier molecular flexibility index (Phi) is 4.06. The third kappa shape index (κ3) is 2.77. The lowest BCUT2D eigenvalue weighted by atomic mass is 10.2. The lowest BCUT2D eigenvalue weighted by Crippen LogP contribution is -2.21. The van der Waals surface area contributed by atoms with Gasteiger partial charge in [-0.05, 0) is 44.2 Å². The molecular formula is C20H15F3N4O. The van der Waals surface area contributed by atoms with Gasteiger partial charge in [-0.25, -0.2) is 4.98 Å². The van der Waals surface area contributed by atoms with Crippen LogP contribution in [0, 0.1) is 13.8 Å². The maximum atomic E-state index is 13.1. The highest BCUT2D eigenvalue weighted by atomic mass is 19.4. The molecule has 0 amide bonds. The van der Waals surface area contributed by atoms with Gasteiger partial charge in [-0.2, -0.15) is 23.0 Å². The quantitative estimate of drug-likeness (QED) is 0.520. The van der Waals surface area contributed by atoms with E-state index in [-0.39, 0.29) is 5.56 Å². The Morgan fingerprint density at radius 3 is 2.46 bits per heavy atom. The van der Waals surface area contributed by atoms with Gasteiger partial charge in [0.2, 0.25) is 0 Å². The molecule has 0 aliphatic rings. The molecule has 0 bridgehead atoms. The van der Waals surface area contributed by atoms with E-state index in [9.17, 15) is 18.0 Å². The summed E-state index contributed by atoms with van der Waals surface area (Å²) < 4.78 is 42.2. The normalized spacial score (nSPS) is 11.9. The second-order valence-electron chi connectivity index (χ2n) is 6.39. The lowest BCUT2D eigenvalue weighted by molar-refractivity contribution is -0.137. The van der Waals surface area contributed by atoms with Crippen LogP contribution in [0.1, 0.15) is 17.0 Å². The molecule has 0 spiro atoms. The Labute approximate surface area is 157 Å². The molecule has 0 N–H and O–H groups in total. The van der Waals surface area contributed by atoms with Crippen molar-refractivity contribution in [2.75, 3.05) is 0 Å². The predicted molar refractivity (Wildman–Crippen MR) is 98.9 cm³/mol. The first-order valence-electron chi connectivity index (χ1n) is 8.48. The summed E-state index contributed by atoms with van der Waals surface area (Å²) in [5, 5.41) is 5.18. The molecule has 0 radical (unpaired) electrons. The number of alkyl halides is 3. The van der Waals surface area contributed by atoms with E-state index >= 15 is 0 Å². The van der Waals surface area contributed by atoms with Gasteiger partial charge in [-0.15, -0.1) is 0 Å². The maximum absolute atomic E-state index is 13.1. The number of halogens is 3. The number of hydrogen-bond acceptors (Lipinski definition) is 3. The average molecular weight is 384 g/mol. The highest BCUT2D eigenvalue weighted by molar-refractivity contribution is 5.88. The average Bonchev–Trinajstić information content (AvgIpc) is 2.93. The van der Waals surface area contributed by atoms with Gasteiger partial charge >= 0.3 is 6.18 Å². The SMILES string of the molecule is Cc1c2cnn(-c3ccccn3)c(=O)c2c(C)n1-c1cccc(C(F)(F)F)c1. The van der Waals surface area contributed by atoms with Crippen LogP contribution < -0.4 is 5.56 Å². The number of rotatable bonds is 2. The van der Waals surface area contributed by atoms with Crippen LogP contribution in [-0.4, -0.2) is 19.3 Å². The zero-order valence-electron chi connectivity index (χ0n) is 15.0. The van der Waals surface area contributed by atoms with Crippen molar-refractivity contribution in [2.45, 2.75) is 20.0 Å². The highest BCUT2D eigenvalue weighted by Crippen LogP contribution is 2.32. The van der Waals surface area contributed by atoms with Crippen molar-refractivity contribution in [3.63, 3.8) is 0 Å². The number of aryl methyl sites for hydroxylation is 2. The van der Waals surface area contributed by atoms with Crippen molar-refractivity contribution in [1.82, 2.24) is 19.3 Å². The summed E-state index contributed by atoms with van der Waals surface area (Å²) in [6.45, 7) is 3.46. The predicted octanol–water partition coefficient (Wildman–Crippen LogP) is 4.21. The van der Waals surface area contributed by atoms with Crippen LogP contribution in [0.2, 0.25) is 0 Å². The number of pyridine rings is 1. The van der Waals surface area contributed by atoms with E-state index in [2.05, 4.69) is 10.1 Å². The minimum absolute atomic E-state index is 0.338. The first-order valence-corrected chi connectivity index (χ1v) is 8.48. The molecule has 4 aromatic rings. The molecule has 8 heteroatoms. The summed E-state index contributed by atoms with van der Waals surface area (Å²) in [7, 11) is 0. The molecule has 0 saturated carbocycles. The molecule has 28 heavy (non-hydrogen) atoms. The third-order valence-corrected chi connectivity index (χ3v) is 4.70. The first-order chi connectivity index (χ1) is 13.3. The maximum Gasteiger partial charge on any atom is 0.416 e. The van der Waals surface area contributed by atoms with Gasteiger partial charge in [0.05, 0.1) is 17.1 Å². The van der Waals surface area contributed by atoms with Crippen molar-refractivity contribution >= 4 is 10.8 Å². The monoisotopic (exact) mass is 384 g/mol. The van der Waals surface area contributed by atoms with E-state index in [1.807, 2.05) is 0 Å². The van der Waals surface area contributed by atoms with Crippen LogP contribution in [0.3, 0.4) is 0 Å². The fraction of sp³-hybridized carbons (Fsp3) is 0.150. The van der Waals surface area contributed by atoms with E-state index in [1.165, 1.54) is 16.9 Å². The summed E-state index contributed by atoms with van der Waals surface area (Å²) in [5.74, 6) is 0.373. The van der Waals surface area contributed by atoms with E-state index in [0.717, 1.165) is 12.1 Å². The van der Waals surface area contributed by atoms with Gasteiger partial charge < -0.3 is 4.57 Å². The van der Waals surface area contributed by atoms with E-state index in [1.54, 1.807) is 48.9 Å². The number of benzene rings is 1. The molecule has 0 fully saturated rings. The lowest BCUT2D eigenvalue weighted by Gasteiger charge is -2.12. The summed E-state index contributed by atoms with van der Waals surface area (Å²) in [6, 6.07) is 10.2. The molecule has 0 atom stereocenters. The highest BCUT2D eigenvalue weighted by Gasteiger charge is 2.31. The molecule has 0 aliphatic heterocycles. The Hall–Kier alpha value is -3.42. The molecule has 3 heterocycles. The third-order valence-electron chi connectivity index (χ3n) is 4.70. The topological polar surface area (TPSA) is 52.7 Å². The minimum atomic E-state index is -4.45. The van der Waals surface area contributed by atoms with Crippen LogP contribution in [-0.2, 0) is 6.18 Å². The first kappa shape index (κ1) is 18.0. The van der Waals surface area contributed by atoms with Crippen molar-refractivity contribution in [3.8, 4) is 11.5 Å². The van der Waals surface area contributed by atoms with Crippen molar-refractivity contribution in [2.24, 2.45) is 0 Å². The van der Waals surface area contributed by atoms with Crippen LogP contribution in [0.25, 0.3) is 22.3 Å². The Balaban J connectivity index is 1.98. The second kappa shape index (κ2) is 6.33. The fourth-order valence-corrected chi connectivity index (χ4v) is 3.41. The van der Waals surface area contributed by atoms with Crippen LogP contribution in [0.4, 0.5) is 13.2 Å². The smallest absolute Gasteiger partial charge is 0.317 e. The minimum Gasteiger partial charge on any atom is -0.317 e. The summed E-state index contributed by atoms with van der Waals surface area (Å²) in [4.78, 5) is 17.2. The molecule has 3 aromatic heterocycles. The fourth-order valence-electron chi connectivity index (χ4n) is 3.41. The molecular weight excluding hydrogens is 369 g/mol.